The summed E-state index contributed by atoms with van der Waals surface area (Å²) in [4.78, 5) is 34.6. The Morgan fingerprint density at radius 3 is 2.40 bits per heavy atom. The number of hydrogen-bond acceptors (Lipinski definition) is 4. The second-order valence-corrected chi connectivity index (χ2v) is 8.09. The number of amidine groups is 1. The molecule has 1 fully saturated rings. The molecule has 2 heterocycles. The SMILES string of the molecule is CN1C(=O)C(NC(=O)c2ccc(Cl)cc2)N=C(N2CCCCCC2)c2ccccc21. The largest absolute Gasteiger partial charge is 0.356 e. The molecule has 0 spiro atoms. The van der Waals surface area contributed by atoms with Crippen LogP contribution in [-0.4, -0.2) is 48.9 Å². The first-order valence-electron chi connectivity index (χ1n) is 10.3. The van der Waals surface area contributed by atoms with Crippen molar-refractivity contribution >= 4 is 34.9 Å². The fraction of sp³-hybridized carbons (Fsp3) is 0.348. The van der Waals surface area contributed by atoms with Gasteiger partial charge in [0.05, 0.1) is 5.69 Å². The predicted octanol–water partition coefficient (Wildman–Crippen LogP) is 3.70. The molecule has 2 aliphatic rings. The van der Waals surface area contributed by atoms with Crippen LogP contribution in [0.25, 0.3) is 0 Å². The fourth-order valence-electron chi connectivity index (χ4n) is 3.94. The van der Waals surface area contributed by atoms with Crippen LogP contribution < -0.4 is 10.2 Å². The molecule has 0 aromatic heterocycles. The monoisotopic (exact) mass is 424 g/mol. The number of benzene rings is 2. The van der Waals surface area contributed by atoms with Crippen molar-refractivity contribution in [1.29, 1.82) is 0 Å². The van der Waals surface area contributed by atoms with Crippen LogP contribution in [0.2, 0.25) is 5.02 Å². The number of amides is 2. The molecule has 1 unspecified atom stereocenters. The molecule has 2 aromatic rings. The van der Waals surface area contributed by atoms with Gasteiger partial charge in [-0.2, -0.15) is 0 Å². The molecule has 2 aliphatic heterocycles. The van der Waals surface area contributed by atoms with E-state index in [0.717, 1.165) is 43.0 Å². The third kappa shape index (κ3) is 4.19. The van der Waals surface area contributed by atoms with Gasteiger partial charge >= 0.3 is 0 Å². The van der Waals surface area contributed by atoms with Crippen molar-refractivity contribution < 1.29 is 9.59 Å². The Morgan fingerprint density at radius 2 is 1.70 bits per heavy atom. The highest BCUT2D eigenvalue weighted by atomic mass is 35.5. The highest BCUT2D eigenvalue weighted by Gasteiger charge is 2.32. The number of halogens is 1. The molecule has 30 heavy (non-hydrogen) atoms. The van der Waals surface area contributed by atoms with E-state index >= 15 is 0 Å². The second-order valence-electron chi connectivity index (χ2n) is 7.65. The zero-order chi connectivity index (χ0) is 21.1. The van der Waals surface area contributed by atoms with Crippen LogP contribution in [0.1, 0.15) is 41.6 Å². The summed E-state index contributed by atoms with van der Waals surface area (Å²) in [6.07, 6.45) is 3.57. The van der Waals surface area contributed by atoms with Crippen molar-refractivity contribution in [2.75, 3.05) is 25.0 Å². The van der Waals surface area contributed by atoms with E-state index in [-0.39, 0.29) is 11.8 Å². The van der Waals surface area contributed by atoms with E-state index in [2.05, 4.69) is 10.2 Å². The van der Waals surface area contributed by atoms with E-state index in [9.17, 15) is 9.59 Å². The van der Waals surface area contributed by atoms with Crippen molar-refractivity contribution in [3.63, 3.8) is 0 Å². The van der Waals surface area contributed by atoms with E-state index in [4.69, 9.17) is 16.6 Å². The number of fused-ring (bicyclic) bond motifs is 1. The van der Waals surface area contributed by atoms with Gasteiger partial charge in [0, 0.05) is 36.3 Å². The zero-order valence-corrected chi connectivity index (χ0v) is 17.7. The number of nitrogens with zero attached hydrogens (tertiary/aromatic N) is 3. The number of aliphatic imine (C=N–C) groups is 1. The Morgan fingerprint density at radius 1 is 1.03 bits per heavy atom. The second kappa shape index (κ2) is 8.88. The predicted molar refractivity (Wildman–Crippen MR) is 119 cm³/mol. The lowest BCUT2D eigenvalue weighted by molar-refractivity contribution is -0.119. The highest BCUT2D eigenvalue weighted by Crippen LogP contribution is 2.27. The van der Waals surface area contributed by atoms with E-state index in [1.807, 2.05) is 24.3 Å². The van der Waals surface area contributed by atoms with Crippen LogP contribution in [0.5, 0.6) is 0 Å². The number of hydrogen-bond donors (Lipinski definition) is 1. The molecule has 156 valence electrons. The van der Waals surface area contributed by atoms with E-state index in [1.54, 1.807) is 36.2 Å². The van der Waals surface area contributed by atoms with Crippen molar-refractivity contribution in [1.82, 2.24) is 10.2 Å². The molecule has 0 bridgehead atoms. The molecule has 2 amide bonds. The number of likely N-dealkylation sites (tertiary alicyclic amines) is 1. The van der Waals surface area contributed by atoms with E-state index in [1.165, 1.54) is 12.8 Å². The maximum Gasteiger partial charge on any atom is 0.272 e. The summed E-state index contributed by atoms with van der Waals surface area (Å²) in [5.41, 5.74) is 2.15. The molecule has 2 aromatic carbocycles. The van der Waals surface area contributed by atoms with Crippen LogP contribution in [-0.2, 0) is 4.79 Å². The number of benzodiazepines with no additional fused rings is 1. The van der Waals surface area contributed by atoms with Crippen LogP contribution in [0.15, 0.2) is 53.5 Å². The average molecular weight is 425 g/mol. The molecule has 1 saturated heterocycles. The number of nitrogens with one attached hydrogen (secondary N) is 1. The average Bonchev–Trinajstić information content (AvgIpc) is 3.09. The fourth-order valence-corrected chi connectivity index (χ4v) is 4.07. The summed E-state index contributed by atoms with van der Waals surface area (Å²) in [5, 5.41) is 3.36. The van der Waals surface area contributed by atoms with Crippen LogP contribution in [0.4, 0.5) is 5.69 Å². The molecule has 0 aliphatic carbocycles. The highest BCUT2D eigenvalue weighted by molar-refractivity contribution is 6.30. The van der Waals surface area contributed by atoms with Gasteiger partial charge < -0.3 is 15.1 Å². The van der Waals surface area contributed by atoms with Gasteiger partial charge in [0.1, 0.15) is 5.84 Å². The van der Waals surface area contributed by atoms with Crippen molar-refractivity contribution in [3.8, 4) is 0 Å². The Labute approximate surface area is 181 Å². The lowest BCUT2D eigenvalue weighted by Gasteiger charge is -2.25. The first-order chi connectivity index (χ1) is 14.5. The minimum Gasteiger partial charge on any atom is -0.356 e. The number of rotatable bonds is 2. The normalized spacial score (nSPS) is 19.5. The molecular weight excluding hydrogens is 400 g/mol. The van der Waals surface area contributed by atoms with Gasteiger partial charge in [-0.05, 0) is 49.2 Å². The Bertz CT molecular complexity index is 965. The summed E-state index contributed by atoms with van der Waals surface area (Å²) < 4.78 is 0. The molecule has 7 heteroatoms. The summed E-state index contributed by atoms with van der Waals surface area (Å²) in [6.45, 7) is 1.78. The van der Waals surface area contributed by atoms with Gasteiger partial charge in [0.25, 0.3) is 11.8 Å². The van der Waals surface area contributed by atoms with Gasteiger partial charge in [-0.25, -0.2) is 4.99 Å². The lowest BCUT2D eigenvalue weighted by atomic mass is 10.1. The molecule has 1 N–H and O–H groups in total. The minimum atomic E-state index is -0.996. The zero-order valence-electron chi connectivity index (χ0n) is 17.0. The van der Waals surface area contributed by atoms with Crippen molar-refractivity contribution in [2.24, 2.45) is 4.99 Å². The number of para-hydroxylation sites is 1. The third-order valence-electron chi connectivity index (χ3n) is 5.60. The van der Waals surface area contributed by atoms with E-state index in [0.29, 0.717) is 10.6 Å². The lowest BCUT2D eigenvalue weighted by Crippen LogP contribution is -2.46. The molecule has 6 nitrogen and oxygen atoms in total. The molecule has 0 radical (unpaired) electrons. The van der Waals surface area contributed by atoms with Crippen molar-refractivity contribution in [2.45, 2.75) is 31.8 Å². The standard InChI is InChI=1S/C23H25ClN4O2/c1-27-19-9-5-4-8-18(19)21(28-14-6-2-3-7-15-28)25-20(23(27)30)26-22(29)16-10-12-17(24)13-11-16/h4-5,8-13,20H,2-3,6-7,14-15H2,1H3,(H,26,29). The number of anilines is 1. The summed E-state index contributed by atoms with van der Waals surface area (Å²) in [5.74, 6) is 0.143. The Kier molecular flexibility index (Phi) is 6.04. The maximum atomic E-state index is 13.2. The van der Waals surface area contributed by atoms with Gasteiger partial charge in [-0.15, -0.1) is 0 Å². The quantitative estimate of drug-likeness (QED) is 0.799. The number of carbonyl (C=O) groups excluding carboxylic acids is 2. The topological polar surface area (TPSA) is 65.0 Å². The van der Waals surface area contributed by atoms with Crippen LogP contribution >= 0.6 is 11.6 Å². The van der Waals surface area contributed by atoms with E-state index < -0.39 is 6.17 Å². The molecular formula is C23H25ClN4O2. The van der Waals surface area contributed by atoms with Gasteiger partial charge in [-0.3, -0.25) is 9.59 Å². The third-order valence-corrected chi connectivity index (χ3v) is 5.85. The minimum absolute atomic E-state index is 0.269. The first kappa shape index (κ1) is 20.4. The Hall–Kier alpha value is -2.86. The Balaban J connectivity index is 1.70. The first-order valence-corrected chi connectivity index (χ1v) is 10.7. The molecule has 0 saturated carbocycles. The smallest absolute Gasteiger partial charge is 0.272 e. The van der Waals surface area contributed by atoms with Crippen LogP contribution in [0, 0.1) is 0 Å². The van der Waals surface area contributed by atoms with Crippen molar-refractivity contribution in [3.05, 3.63) is 64.7 Å². The summed E-state index contributed by atoms with van der Waals surface area (Å²) >= 11 is 5.92. The van der Waals surface area contributed by atoms with Gasteiger partial charge in [0.15, 0.2) is 0 Å². The van der Waals surface area contributed by atoms with Gasteiger partial charge in [0.2, 0.25) is 6.17 Å². The molecule has 4 rings (SSSR count). The number of likely N-dealkylation sites (N-methyl/N-ethyl adjacent to an activating group) is 1. The van der Waals surface area contributed by atoms with Gasteiger partial charge in [-0.1, -0.05) is 36.6 Å². The number of carbonyl (C=O) groups is 2. The van der Waals surface area contributed by atoms with Crippen LogP contribution in [0.3, 0.4) is 0 Å². The summed E-state index contributed by atoms with van der Waals surface area (Å²) in [7, 11) is 1.73. The maximum absolute atomic E-state index is 13.2. The summed E-state index contributed by atoms with van der Waals surface area (Å²) in [6, 6.07) is 14.4. The molecule has 1 atom stereocenters.